The Morgan fingerprint density at radius 3 is 2.91 bits per heavy atom. The van der Waals surface area contributed by atoms with Crippen LogP contribution in [0.25, 0.3) is 33.1 Å². The molecule has 7 nitrogen and oxygen atoms in total. The van der Waals surface area contributed by atoms with Crippen molar-refractivity contribution < 1.29 is 5.11 Å². The van der Waals surface area contributed by atoms with E-state index < -0.39 is 0 Å². The summed E-state index contributed by atoms with van der Waals surface area (Å²) in [7, 11) is 0. The molecule has 0 atom stereocenters. The lowest BCUT2D eigenvalue weighted by Gasteiger charge is -2.08. The standard InChI is InChI=1S/C16H16N6O/c17-16-12-9-19-22(6-1-7-23)15(12)11-3-2-10(8-14(11)20-16)13-4-5-18-21-13/h2-5,8-9,23H,1,6-7H2,(H2,17,20)(H,18,21). The Balaban J connectivity index is 1.95. The van der Waals surface area contributed by atoms with Crippen LogP contribution in [0, 0.1) is 0 Å². The van der Waals surface area contributed by atoms with Crippen LogP contribution in [0.4, 0.5) is 5.82 Å². The van der Waals surface area contributed by atoms with Crippen LogP contribution in [0.2, 0.25) is 0 Å². The van der Waals surface area contributed by atoms with Crippen molar-refractivity contribution in [1.29, 1.82) is 0 Å². The summed E-state index contributed by atoms with van der Waals surface area (Å²) in [5, 5.41) is 22.3. The maximum Gasteiger partial charge on any atom is 0.135 e. The van der Waals surface area contributed by atoms with Gasteiger partial charge in [0.05, 0.1) is 28.3 Å². The Morgan fingerprint density at radius 2 is 2.13 bits per heavy atom. The fraction of sp³-hybridized carbons (Fsp3) is 0.188. The second kappa shape index (κ2) is 5.36. The highest BCUT2D eigenvalue weighted by Crippen LogP contribution is 2.30. The molecular weight excluding hydrogens is 292 g/mol. The summed E-state index contributed by atoms with van der Waals surface area (Å²) in [6.07, 6.45) is 4.16. The molecule has 7 heteroatoms. The van der Waals surface area contributed by atoms with E-state index in [9.17, 15) is 0 Å². The summed E-state index contributed by atoms with van der Waals surface area (Å²) in [5.41, 5.74) is 9.70. The second-order valence-electron chi connectivity index (χ2n) is 5.40. The molecule has 0 spiro atoms. The monoisotopic (exact) mass is 308 g/mol. The van der Waals surface area contributed by atoms with Crippen molar-refractivity contribution in [3.8, 4) is 11.3 Å². The van der Waals surface area contributed by atoms with Gasteiger partial charge in [0.15, 0.2) is 0 Å². The van der Waals surface area contributed by atoms with Crippen LogP contribution in [0.5, 0.6) is 0 Å². The third kappa shape index (κ3) is 2.22. The van der Waals surface area contributed by atoms with Gasteiger partial charge >= 0.3 is 0 Å². The summed E-state index contributed by atoms with van der Waals surface area (Å²) >= 11 is 0. The molecule has 4 aromatic rings. The van der Waals surface area contributed by atoms with Crippen molar-refractivity contribution in [2.24, 2.45) is 0 Å². The third-order valence-electron chi connectivity index (χ3n) is 3.93. The number of nitrogen functional groups attached to an aromatic ring is 1. The number of hydrogen-bond acceptors (Lipinski definition) is 5. The fourth-order valence-corrected chi connectivity index (χ4v) is 2.84. The largest absolute Gasteiger partial charge is 0.396 e. The van der Waals surface area contributed by atoms with Gasteiger partial charge in [0.1, 0.15) is 5.82 Å². The average Bonchev–Trinajstić information content (AvgIpc) is 3.22. The number of anilines is 1. The number of nitrogens with two attached hydrogens (primary N) is 1. The van der Waals surface area contributed by atoms with E-state index >= 15 is 0 Å². The Kier molecular flexibility index (Phi) is 3.20. The molecule has 0 aliphatic rings. The minimum absolute atomic E-state index is 0.128. The Morgan fingerprint density at radius 1 is 1.22 bits per heavy atom. The lowest BCUT2D eigenvalue weighted by Crippen LogP contribution is -2.03. The predicted molar refractivity (Wildman–Crippen MR) is 88.7 cm³/mol. The number of aromatic nitrogens is 5. The van der Waals surface area contributed by atoms with E-state index in [1.54, 1.807) is 12.4 Å². The Bertz CT molecular complexity index is 973. The third-order valence-corrected chi connectivity index (χ3v) is 3.93. The van der Waals surface area contributed by atoms with E-state index in [0.29, 0.717) is 18.8 Å². The molecule has 3 aromatic heterocycles. The number of aromatic amines is 1. The molecule has 0 bridgehead atoms. The number of fused-ring (bicyclic) bond motifs is 3. The van der Waals surface area contributed by atoms with Gasteiger partial charge in [0.25, 0.3) is 0 Å². The van der Waals surface area contributed by atoms with Gasteiger partial charge < -0.3 is 10.8 Å². The maximum absolute atomic E-state index is 9.06. The van der Waals surface area contributed by atoms with Crippen molar-refractivity contribution in [2.75, 3.05) is 12.3 Å². The topological polar surface area (TPSA) is 106 Å². The SMILES string of the molecule is Nc1nc2cc(-c3cc[nH]n3)ccc2c2c1cnn2CCCO. The van der Waals surface area contributed by atoms with E-state index in [4.69, 9.17) is 10.8 Å². The quantitative estimate of drug-likeness (QED) is 0.534. The first-order chi connectivity index (χ1) is 11.3. The molecule has 23 heavy (non-hydrogen) atoms. The summed E-state index contributed by atoms with van der Waals surface area (Å²) in [6.45, 7) is 0.767. The van der Waals surface area contributed by atoms with Gasteiger partial charge in [-0.15, -0.1) is 0 Å². The Hall–Kier alpha value is -2.93. The van der Waals surface area contributed by atoms with Crippen LogP contribution in [-0.4, -0.2) is 36.7 Å². The number of aliphatic hydroxyl groups excluding tert-OH is 1. The number of rotatable bonds is 4. The molecule has 3 heterocycles. The molecule has 4 rings (SSSR count). The first-order valence-electron chi connectivity index (χ1n) is 7.43. The number of H-pyrrole nitrogens is 1. The zero-order valence-electron chi connectivity index (χ0n) is 12.4. The molecule has 0 radical (unpaired) electrons. The fourth-order valence-electron chi connectivity index (χ4n) is 2.84. The minimum atomic E-state index is 0.128. The molecule has 0 saturated carbocycles. The van der Waals surface area contributed by atoms with Crippen LogP contribution < -0.4 is 5.73 Å². The van der Waals surface area contributed by atoms with Gasteiger partial charge in [-0.1, -0.05) is 6.07 Å². The molecular formula is C16H16N6O. The van der Waals surface area contributed by atoms with Crippen molar-refractivity contribution in [3.05, 3.63) is 36.7 Å². The van der Waals surface area contributed by atoms with Gasteiger partial charge in [0, 0.05) is 30.3 Å². The van der Waals surface area contributed by atoms with Crippen molar-refractivity contribution in [3.63, 3.8) is 0 Å². The van der Waals surface area contributed by atoms with Crippen LogP contribution in [0.3, 0.4) is 0 Å². The number of aliphatic hydroxyl groups is 1. The number of hydrogen-bond donors (Lipinski definition) is 3. The summed E-state index contributed by atoms with van der Waals surface area (Å²) in [4.78, 5) is 4.51. The van der Waals surface area contributed by atoms with E-state index in [0.717, 1.165) is 33.1 Å². The summed E-state index contributed by atoms with van der Waals surface area (Å²) < 4.78 is 1.88. The van der Waals surface area contributed by atoms with Crippen LogP contribution in [-0.2, 0) is 6.54 Å². The predicted octanol–water partition coefficient (Wildman–Crippen LogP) is 1.94. The number of aryl methyl sites for hydroxylation is 1. The highest BCUT2D eigenvalue weighted by atomic mass is 16.3. The van der Waals surface area contributed by atoms with Crippen LogP contribution >= 0.6 is 0 Å². The first kappa shape index (κ1) is 13.7. The smallest absolute Gasteiger partial charge is 0.135 e. The summed E-state index contributed by atoms with van der Waals surface area (Å²) in [5.74, 6) is 0.460. The van der Waals surface area contributed by atoms with Gasteiger partial charge in [0.2, 0.25) is 0 Å². The number of pyridine rings is 1. The average molecular weight is 308 g/mol. The minimum Gasteiger partial charge on any atom is -0.396 e. The van der Waals surface area contributed by atoms with Crippen molar-refractivity contribution in [1.82, 2.24) is 25.0 Å². The van der Waals surface area contributed by atoms with E-state index in [1.165, 1.54) is 0 Å². The summed E-state index contributed by atoms with van der Waals surface area (Å²) in [6, 6.07) is 7.92. The molecule has 0 fully saturated rings. The highest BCUT2D eigenvalue weighted by molar-refractivity contribution is 6.08. The second-order valence-corrected chi connectivity index (χ2v) is 5.40. The van der Waals surface area contributed by atoms with Crippen molar-refractivity contribution in [2.45, 2.75) is 13.0 Å². The molecule has 0 amide bonds. The van der Waals surface area contributed by atoms with Gasteiger partial charge in [-0.25, -0.2) is 4.98 Å². The highest BCUT2D eigenvalue weighted by Gasteiger charge is 2.13. The van der Waals surface area contributed by atoms with Gasteiger partial charge in [-0.05, 0) is 24.6 Å². The molecule has 0 aliphatic carbocycles. The van der Waals surface area contributed by atoms with E-state index in [-0.39, 0.29) is 6.61 Å². The lowest BCUT2D eigenvalue weighted by molar-refractivity contribution is 0.278. The van der Waals surface area contributed by atoms with E-state index in [2.05, 4.69) is 20.3 Å². The lowest BCUT2D eigenvalue weighted by atomic mass is 10.1. The first-order valence-corrected chi connectivity index (χ1v) is 7.43. The zero-order chi connectivity index (χ0) is 15.8. The number of nitrogens with zero attached hydrogens (tertiary/aromatic N) is 4. The zero-order valence-corrected chi connectivity index (χ0v) is 12.4. The number of nitrogens with one attached hydrogen (secondary N) is 1. The molecule has 0 unspecified atom stereocenters. The van der Waals surface area contributed by atoms with E-state index in [1.807, 2.05) is 28.9 Å². The van der Waals surface area contributed by atoms with Crippen LogP contribution in [0.1, 0.15) is 6.42 Å². The van der Waals surface area contributed by atoms with Gasteiger partial charge in [-0.3, -0.25) is 9.78 Å². The molecule has 1 aromatic carbocycles. The molecule has 116 valence electrons. The van der Waals surface area contributed by atoms with Crippen molar-refractivity contribution >= 4 is 27.6 Å². The Labute approximate surface area is 131 Å². The maximum atomic E-state index is 9.06. The molecule has 0 aliphatic heterocycles. The molecule has 0 saturated heterocycles. The number of benzene rings is 1. The van der Waals surface area contributed by atoms with Gasteiger partial charge in [-0.2, -0.15) is 10.2 Å². The molecule has 4 N–H and O–H groups in total. The van der Waals surface area contributed by atoms with Crippen LogP contribution in [0.15, 0.2) is 36.7 Å². The normalized spacial score (nSPS) is 11.5.